The van der Waals surface area contributed by atoms with E-state index in [1.807, 2.05) is 48.5 Å². The lowest BCUT2D eigenvalue weighted by atomic mass is 9.47. The lowest BCUT2D eigenvalue weighted by molar-refractivity contribution is -0.131. The molecular formula is C26H24O3. The summed E-state index contributed by atoms with van der Waals surface area (Å²) in [6, 6.07) is 18.3. The van der Waals surface area contributed by atoms with Gasteiger partial charge in [0, 0.05) is 40.0 Å². The lowest BCUT2D eigenvalue weighted by Gasteiger charge is -2.55. The molecule has 2 fully saturated rings. The van der Waals surface area contributed by atoms with Crippen molar-refractivity contribution in [1.29, 1.82) is 0 Å². The molecule has 0 radical (unpaired) electrons. The van der Waals surface area contributed by atoms with E-state index in [-0.39, 0.29) is 17.3 Å². The van der Waals surface area contributed by atoms with E-state index in [0.29, 0.717) is 34.6 Å². The van der Waals surface area contributed by atoms with Crippen LogP contribution >= 0.6 is 0 Å². The van der Waals surface area contributed by atoms with Gasteiger partial charge in [0.15, 0.2) is 11.6 Å². The van der Waals surface area contributed by atoms with Crippen molar-refractivity contribution in [2.45, 2.75) is 38.5 Å². The average molecular weight is 384 g/mol. The number of rotatable bonds is 4. The van der Waals surface area contributed by atoms with E-state index in [2.05, 4.69) is 0 Å². The zero-order valence-electron chi connectivity index (χ0n) is 16.4. The maximum absolute atomic E-state index is 13.8. The van der Waals surface area contributed by atoms with Gasteiger partial charge in [-0.3, -0.25) is 14.4 Å². The standard InChI is InChI=1S/C26H24O3/c27-21-16-26-14-8-7-13-19(26)15-20(21)22(24(28)17-9-3-1-4-10-17)23(26)25(29)18-11-5-2-6-12-18/h1-6,9-12,19-20H,7-8,13-16H2. The smallest absolute Gasteiger partial charge is 0.190 e. The molecule has 0 heterocycles. The second-order valence-corrected chi connectivity index (χ2v) is 8.71. The second kappa shape index (κ2) is 6.91. The van der Waals surface area contributed by atoms with Crippen LogP contribution in [0.15, 0.2) is 71.8 Å². The number of hydrogen-bond acceptors (Lipinski definition) is 3. The normalized spacial score (nSPS) is 28.2. The summed E-state index contributed by atoms with van der Waals surface area (Å²) in [6.45, 7) is 0. The maximum atomic E-state index is 13.8. The van der Waals surface area contributed by atoms with Crippen LogP contribution < -0.4 is 0 Å². The number of carbonyl (C=O) groups excluding carboxylic acids is 3. The van der Waals surface area contributed by atoms with Crippen molar-refractivity contribution in [3.8, 4) is 0 Å². The molecule has 2 saturated carbocycles. The van der Waals surface area contributed by atoms with Crippen molar-refractivity contribution < 1.29 is 14.4 Å². The molecule has 4 aliphatic carbocycles. The van der Waals surface area contributed by atoms with Gasteiger partial charge in [-0.15, -0.1) is 0 Å². The highest BCUT2D eigenvalue weighted by Crippen LogP contribution is 2.62. The summed E-state index contributed by atoms with van der Waals surface area (Å²) in [5.41, 5.74) is 1.85. The van der Waals surface area contributed by atoms with Crippen LogP contribution in [0.3, 0.4) is 0 Å². The maximum Gasteiger partial charge on any atom is 0.190 e. The minimum absolute atomic E-state index is 0.0611. The third kappa shape index (κ3) is 2.75. The molecule has 29 heavy (non-hydrogen) atoms. The Morgan fingerprint density at radius 1 is 0.828 bits per heavy atom. The van der Waals surface area contributed by atoms with Gasteiger partial charge in [0.25, 0.3) is 0 Å². The first kappa shape index (κ1) is 18.2. The van der Waals surface area contributed by atoms with Crippen LogP contribution in [0, 0.1) is 17.3 Å². The Kier molecular flexibility index (Phi) is 4.34. The van der Waals surface area contributed by atoms with Crippen molar-refractivity contribution in [2.24, 2.45) is 17.3 Å². The SMILES string of the molecule is O=C(C1=C(C(=O)c2ccccc2)C23CCCCC2CC1C(=O)C3)c1ccccc1. The van der Waals surface area contributed by atoms with Gasteiger partial charge in [0.2, 0.25) is 0 Å². The summed E-state index contributed by atoms with van der Waals surface area (Å²) in [5, 5.41) is 0. The van der Waals surface area contributed by atoms with E-state index in [0.717, 1.165) is 32.1 Å². The zero-order chi connectivity index (χ0) is 20.0. The second-order valence-electron chi connectivity index (χ2n) is 8.71. The molecule has 0 aliphatic heterocycles. The molecule has 3 unspecified atom stereocenters. The molecule has 3 heteroatoms. The van der Waals surface area contributed by atoms with E-state index in [9.17, 15) is 14.4 Å². The van der Waals surface area contributed by atoms with Crippen LogP contribution in [0.5, 0.6) is 0 Å². The average Bonchev–Trinajstić information content (AvgIpc) is 2.78. The van der Waals surface area contributed by atoms with E-state index in [1.54, 1.807) is 12.1 Å². The van der Waals surface area contributed by atoms with E-state index < -0.39 is 11.3 Å². The topological polar surface area (TPSA) is 51.2 Å². The van der Waals surface area contributed by atoms with Crippen LogP contribution in [-0.2, 0) is 4.79 Å². The van der Waals surface area contributed by atoms with Gasteiger partial charge < -0.3 is 0 Å². The zero-order valence-corrected chi connectivity index (χ0v) is 16.4. The first-order valence-corrected chi connectivity index (χ1v) is 10.6. The van der Waals surface area contributed by atoms with E-state index >= 15 is 0 Å². The highest BCUT2D eigenvalue weighted by atomic mass is 16.1. The fourth-order valence-electron chi connectivity index (χ4n) is 5.98. The predicted molar refractivity (Wildman–Crippen MR) is 111 cm³/mol. The minimum atomic E-state index is -0.462. The molecule has 2 aromatic rings. The minimum Gasteiger partial charge on any atom is -0.299 e. The van der Waals surface area contributed by atoms with Crippen LogP contribution in [0.25, 0.3) is 0 Å². The summed E-state index contributed by atoms with van der Waals surface area (Å²) in [6.07, 6.45) is 5.16. The van der Waals surface area contributed by atoms with Crippen molar-refractivity contribution >= 4 is 17.3 Å². The number of carbonyl (C=O) groups is 3. The van der Waals surface area contributed by atoms with Crippen molar-refractivity contribution in [1.82, 2.24) is 0 Å². The molecule has 0 N–H and O–H groups in total. The molecule has 0 amide bonds. The monoisotopic (exact) mass is 384 g/mol. The van der Waals surface area contributed by atoms with Gasteiger partial charge in [0.1, 0.15) is 5.78 Å². The molecule has 3 nitrogen and oxygen atoms in total. The molecule has 6 rings (SSSR count). The van der Waals surface area contributed by atoms with Gasteiger partial charge in [-0.25, -0.2) is 0 Å². The van der Waals surface area contributed by atoms with Crippen LogP contribution in [0.1, 0.15) is 59.2 Å². The molecule has 0 saturated heterocycles. The Bertz CT molecular complexity index is 1020. The number of hydrogen-bond donors (Lipinski definition) is 0. The molecule has 3 atom stereocenters. The quantitative estimate of drug-likeness (QED) is 0.679. The Morgan fingerprint density at radius 3 is 2.10 bits per heavy atom. The highest BCUT2D eigenvalue weighted by molar-refractivity contribution is 6.22. The van der Waals surface area contributed by atoms with Crippen molar-refractivity contribution in [3.05, 3.63) is 82.9 Å². The molecule has 1 spiro atoms. The van der Waals surface area contributed by atoms with Crippen LogP contribution in [0.2, 0.25) is 0 Å². The summed E-state index contributed by atoms with van der Waals surface area (Å²) in [4.78, 5) is 40.4. The number of ketones is 3. The number of Topliss-reactive ketones (excluding diaryl/α,β-unsaturated/α-hetero) is 3. The number of fused-ring (bicyclic) bond motifs is 1. The predicted octanol–water partition coefficient (Wildman–Crippen LogP) is 5.22. The third-order valence-corrected chi connectivity index (χ3v) is 7.26. The fourth-order valence-corrected chi connectivity index (χ4v) is 5.98. The molecule has 2 bridgehead atoms. The fraction of sp³-hybridized carbons (Fsp3) is 0.346. The van der Waals surface area contributed by atoms with Gasteiger partial charge in [-0.1, -0.05) is 73.5 Å². The summed E-state index contributed by atoms with van der Waals surface area (Å²) in [7, 11) is 0. The first-order valence-electron chi connectivity index (χ1n) is 10.6. The van der Waals surface area contributed by atoms with E-state index in [1.165, 1.54) is 0 Å². The Balaban J connectivity index is 1.74. The third-order valence-electron chi connectivity index (χ3n) is 7.26. The summed E-state index contributed by atoms with van der Waals surface area (Å²) >= 11 is 0. The Hall–Kier alpha value is -2.81. The number of benzene rings is 2. The van der Waals surface area contributed by atoms with Gasteiger partial charge in [0.05, 0.1) is 0 Å². The van der Waals surface area contributed by atoms with Crippen LogP contribution in [0.4, 0.5) is 0 Å². The molecular weight excluding hydrogens is 360 g/mol. The lowest BCUT2D eigenvalue weighted by Crippen LogP contribution is -2.53. The molecule has 4 aliphatic rings. The van der Waals surface area contributed by atoms with Gasteiger partial charge in [-0.05, 0) is 25.2 Å². The van der Waals surface area contributed by atoms with Crippen LogP contribution in [-0.4, -0.2) is 17.3 Å². The summed E-state index contributed by atoms with van der Waals surface area (Å²) in [5.74, 6) is -0.170. The molecule has 2 aromatic carbocycles. The number of allylic oxidation sites excluding steroid dienone is 2. The highest BCUT2D eigenvalue weighted by Gasteiger charge is 2.59. The Labute approximate surface area is 170 Å². The Morgan fingerprint density at radius 2 is 1.45 bits per heavy atom. The van der Waals surface area contributed by atoms with Gasteiger partial charge >= 0.3 is 0 Å². The van der Waals surface area contributed by atoms with Crippen molar-refractivity contribution in [2.75, 3.05) is 0 Å². The molecule has 146 valence electrons. The van der Waals surface area contributed by atoms with E-state index in [4.69, 9.17) is 0 Å². The van der Waals surface area contributed by atoms with Gasteiger partial charge in [-0.2, -0.15) is 0 Å². The summed E-state index contributed by atoms with van der Waals surface area (Å²) < 4.78 is 0. The largest absolute Gasteiger partial charge is 0.299 e. The molecule has 0 aromatic heterocycles. The first-order chi connectivity index (χ1) is 14.1. The van der Waals surface area contributed by atoms with Crippen molar-refractivity contribution in [3.63, 3.8) is 0 Å².